The molecule has 2 aromatic heterocycles. The molecule has 1 saturated heterocycles. The molecule has 0 aliphatic carbocycles. The first kappa shape index (κ1) is 19.6. The van der Waals surface area contributed by atoms with E-state index in [1.165, 1.54) is 28.1 Å². The van der Waals surface area contributed by atoms with Gasteiger partial charge in [0.1, 0.15) is 10.0 Å². The Hall–Kier alpha value is -1.74. The second-order valence-electron chi connectivity index (χ2n) is 6.74. The molecule has 0 amide bonds. The summed E-state index contributed by atoms with van der Waals surface area (Å²) in [5.74, 6) is 0.446. The Labute approximate surface area is 171 Å². The van der Waals surface area contributed by atoms with Gasteiger partial charge in [0.05, 0.1) is 11.1 Å². The molecule has 4 rings (SSSR count). The van der Waals surface area contributed by atoms with E-state index in [1.807, 2.05) is 0 Å². The second-order valence-corrected chi connectivity index (χ2v) is 10.4. The van der Waals surface area contributed by atoms with E-state index >= 15 is 0 Å². The number of halogens is 2. The van der Waals surface area contributed by atoms with Crippen LogP contribution in [0.5, 0.6) is 0 Å². The van der Waals surface area contributed by atoms with Crippen LogP contribution >= 0.6 is 22.9 Å². The van der Waals surface area contributed by atoms with Crippen LogP contribution in [0.15, 0.2) is 51.5 Å². The maximum absolute atomic E-state index is 14.0. The van der Waals surface area contributed by atoms with Crippen molar-refractivity contribution in [3.05, 3.63) is 59.3 Å². The molecular formula is C19H18ClFN2O3S2. The van der Waals surface area contributed by atoms with Gasteiger partial charge in [0, 0.05) is 23.7 Å². The molecule has 0 bridgehead atoms. The Morgan fingerprint density at radius 2 is 2.04 bits per heavy atom. The number of hydrogen-bond donors (Lipinski definition) is 0. The number of nitrogens with zero attached hydrogens (tertiary/aromatic N) is 2. The molecule has 1 fully saturated rings. The number of hydrogen-bond acceptors (Lipinski definition) is 5. The average molecular weight is 441 g/mol. The van der Waals surface area contributed by atoms with Crippen LogP contribution in [-0.2, 0) is 16.4 Å². The molecule has 1 aliphatic rings. The predicted octanol–water partition coefficient (Wildman–Crippen LogP) is 4.84. The van der Waals surface area contributed by atoms with Crippen LogP contribution in [0.25, 0.3) is 10.6 Å². The first-order valence-electron chi connectivity index (χ1n) is 8.87. The number of sulfonamides is 1. The molecular weight excluding hydrogens is 423 g/mol. The van der Waals surface area contributed by atoms with Crippen LogP contribution in [0.4, 0.5) is 4.39 Å². The van der Waals surface area contributed by atoms with Crippen LogP contribution in [0.3, 0.4) is 0 Å². The van der Waals surface area contributed by atoms with E-state index in [2.05, 4.69) is 4.98 Å². The van der Waals surface area contributed by atoms with Crippen LogP contribution in [0.1, 0.15) is 18.4 Å². The number of piperidine rings is 1. The largest absolute Gasteiger partial charge is 0.443 e. The molecule has 0 N–H and O–H groups in total. The molecule has 5 nitrogen and oxygen atoms in total. The van der Waals surface area contributed by atoms with Crippen molar-refractivity contribution in [1.29, 1.82) is 0 Å². The summed E-state index contributed by atoms with van der Waals surface area (Å²) in [5.41, 5.74) is 0.514. The summed E-state index contributed by atoms with van der Waals surface area (Å²) in [4.78, 5) is 4.58. The highest BCUT2D eigenvalue weighted by atomic mass is 35.5. The monoisotopic (exact) mass is 440 g/mol. The molecule has 0 spiro atoms. The van der Waals surface area contributed by atoms with Crippen molar-refractivity contribution in [3.8, 4) is 10.6 Å². The third kappa shape index (κ3) is 3.87. The first-order chi connectivity index (χ1) is 13.4. The SMILES string of the molecule is O=S(=O)(c1ccc(-c2cnco2)s1)N1CCC(Cc2c(F)cccc2Cl)CC1. The van der Waals surface area contributed by atoms with E-state index in [-0.39, 0.29) is 15.9 Å². The van der Waals surface area contributed by atoms with E-state index in [4.69, 9.17) is 16.0 Å². The maximum Gasteiger partial charge on any atom is 0.252 e. The maximum atomic E-state index is 14.0. The van der Waals surface area contributed by atoms with E-state index in [9.17, 15) is 12.8 Å². The predicted molar refractivity (Wildman–Crippen MR) is 106 cm³/mol. The highest BCUT2D eigenvalue weighted by Crippen LogP contribution is 2.34. The van der Waals surface area contributed by atoms with Gasteiger partial charge in [-0.2, -0.15) is 4.31 Å². The van der Waals surface area contributed by atoms with E-state index in [0.717, 1.165) is 4.88 Å². The molecule has 1 aromatic carbocycles. The third-order valence-electron chi connectivity index (χ3n) is 4.98. The zero-order valence-corrected chi connectivity index (χ0v) is 17.2. The summed E-state index contributed by atoms with van der Waals surface area (Å²) in [6.07, 6.45) is 4.74. The fraction of sp³-hybridized carbons (Fsp3) is 0.316. The number of thiophene rings is 1. The smallest absolute Gasteiger partial charge is 0.252 e. The lowest BCUT2D eigenvalue weighted by molar-refractivity contribution is 0.272. The molecule has 3 aromatic rings. The zero-order valence-electron chi connectivity index (χ0n) is 14.8. The Morgan fingerprint density at radius 1 is 1.25 bits per heavy atom. The van der Waals surface area contributed by atoms with Gasteiger partial charge in [-0.3, -0.25) is 0 Å². The van der Waals surface area contributed by atoms with E-state index < -0.39 is 10.0 Å². The molecule has 1 aliphatic heterocycles. The summed E-state index contributed by atoms with van der Waals surface area (Å²) in [7, 11) is -3.56. The topological polar surface area (TPSA) is 63.4 Å². The second kappa shape index (κ2) is 7.94. The van der Waals surface area contributed by atoms with Crippen molar-refractivity contribution in [3.63, 3.8) is 0 Å². The third-order valence-corrected chi connectivity index (χ3v) is 8.80. The lowest BCUT2D eigenvalue weighted by Crippen LogP contribution is -2.38. The number of oxazole rings is 1. The number of rotatable bonds is 5. The van der Waals surface area contributed by atoms with Crippen molar-refractivity contribution >= 4 is 33.0 Å². The molecule has 28 heavy (non-hydrogen) atoms. The van der Waals surface area contributed by atoms with Gasteiger partial charge in [-0.25, -0.2) is 17.8 Å². The summed E-state index contributed by atoms with van der Waals surface area (Å²) in [5, 5.41) is 0.425. The van der Waals surface area contributed by atoms with Gasteiger partial charge in [-0.15, -0.1) is 11.3 Å². The van der Waals surface area contributed by atoms with Crippen LogP contribution in [-0.4, -0.2) is 30.8 Å². The Balaban J connectivity index is 1.43. The van der Waals surface area contributed by atoms with Gasteiger partial charge in [-0.05, 0) is 49.4 Å². The van der Waals surface area contributed by atoms with Crippen molar-refractivity contribution in [2.45, 2.75) is 23.5 Å². The van der Waals surface area contributed by atoms with Crippen molar-refractivity contribution in [2.75, 3.05) is 13.1 Å². The van der Waals surface area contributed by atoms with E-state index in [1.54, 1.807) is 30.5 Å². The van der Waals surface area contributed by atoms with Gasteiger partial charge >= 0.3 is 0 Å². The fourth-order valence-corrected chi connectivity index (χ4v) is 6.55. The first-order valence-corrected chi connectivity index (χ1v) is 11.5. The van der Waals surface area contributed by atoms with E-state index in [0.29, 0.717) is 48.7 Å². The van der Waals surface area contributed by atoms with Crippen molar-refractivity contribution in [1.82, 2.24) is 9.29 Å². The minimum absolute atomic E-state index is 0.203. The highest BCUT2D eigenvalue weighted by Gasteiger charge is 2.31. The molecule has 0 radical (unpaired) electrons. The summed E-state index contributed by atoms with van der Waals surface area (Å²) >= 11 is 7.29. The minimum atomic E-state index is -3.56. The number of aromatic nitrogens is 1. The van der Waals surface area contributed by atoms with Gasteiger partial charge in [-0.1, -0.05) is 17.7 Å². The van der Waals surface area contributed by atoms with Gasteiger partial charge in [0.2, 0.25) is 0 Å². The minimum Gasteiger partial charge on any atom is -0.443 e. The Morgan fingerprint density at radius 3 is 2.71 bits per heavy atom. The molecule has 9 heteroatoms. The molecule has 0 unspecified atom stereocenters. The lowest BCUT2D eigenvalue weighted by Gasteiger charge is -2.31. The molecule has 0 atom stereocenters. The van der Waals surface area contributed by atoms with Crippen molar-refractivity contribution < 1.29 is 17.2 Å². The highest BCUT2D eigenvalue weighted by molar-refractivity contribution is 7.91. The molecule has 0 saturated carbocycles. The summed E-state index contributed by atoms with van der Waals surface area (Å²) in [6.45, 7) is 0.823. The fourth-order valence-electron chi connectivity index (χ4n) is 3.43. The Kier molecular flexibility index (Phi) is 5.55. The van der Waals surface area contributed by atoms with Gasteiger partial charge < -0.3 is 4.42 Å². The van der Waals surface area contributed by atoms with Crippen LogP contribution < -0.4 is 0 Å². The van der Waals surface area contributed by atoms with Gasteiger partial charge in [0.25, 0.3) is 10.0 Å². The summed E-state index contributed by atoms with van der Waals surface area (Å²) in [6, 6.07) is 8.00. The Bertz CT molecular complexity index is 1040. The van der Waals surface area contributed by atoms with Crippen LogP contribution in [0.2, 0.25) is 5.02 Å². The molecule has 148 valence electrons. The number of benzene rings is 1. The van der Waals surface area contributed by atoms with Gasteiger partial charge in [0.15, 0.2) is 12.2 Å². The van der Waals surface area contributed by atoms with Crippen LogP contribution in [0, 0.1) is 11.7 Å². The lowest BCUT2D eigenvalue weighted by atomic mass is 9.91. The van der Waals surface area contributed by atoms with Crippen molar-refractivity contribution in [2.24, 2.45) is 5.92 Å². The quantitative estimate of drug-likeness (QED) is 0.569. The average Bonchev–Trinajstić information content (AvgIpc) is 3.36. The molecule has 3 heterocycles. The normalized spacial score (nSPS) is 16.5. The zero-order chi connectivity index (χ0) is 19.7. The summed E-state index contributed by atoms with van der Waals surface area (Å²) < 4.78 is 46.9. The standard InChI is InChI=1S/C19H18ClFN2O3S2/c20-15-2-1-3-16(21)14(15)10-13-6-8-23(9-7-13)28(24,25)19-5-4-18(27-19)17-11-22-12-26-17/h1-5,11-13H,6-10H2.